The molecule has 0 spiro atoms. The molecule has 0 radical (unpaired) electrons. The highest BCUT2D eigenvalue weighted by Crippen LogP contribution is 2.17. The molecule has 2 rings (SSSR count). The van der Waals surface area contributed by atoms with Gasteiger partial charge in [0.1, 0.15) is 11.1 Å². The lowest BCUT2D eigenvalue weighted by molar-refractivity contribution is 0.108. The second kappa shape index (κ2) is 8.03. The van der Waals surface area contributed by atoms with Crippen LogP contribution in [0.2, 0.25) is 0 Å². The third-order valence-corrected chi connectivity index (χ3v) is 4.32. The third kappa shape index (κ3) is 4.46. The van der Waals surface area contributed by atoms with Crippen LogP contribution in [-0.4, -0.2) is 10.9 Å². The molecule has 4 heteroatoms. The molecule has 0 amide bonds. The highest BCUT2D eigenvalue weighted by Gasteiger charge is 2.13. The average molecular weight is 304 g/mol. The van der Waals surface area contributed by atoms with E-state index in [4.69, 9.17) is 4.42 Å². The van der Waals surface area contributed by atoms with Crippen LogP contribution in [-0.2, 0) is 0 Å². The number of hydrogen-bond acceptors (Lipinski definition) is 4. The van der Waals surface area contributed by atoms with Gasteiger partial charge < -0.3 is 4.42 Å². The Morgan fingerprint density at radius 3 is 2.71 bits per heavy atom. The minimum atomic E-state index is -0.544. The maximum absolute atomic E-state index is 12.1. The minimum absolute atomic E-state index is 0.146. The number of fused-ring (bicyclic) bond motifs is 1. The van der Waals surface area contributed by atoms with Crippen LogP contribution in [0.5, 0.6) is 0 Å². The maximum atomic E-state index is 12.1. The van der Waals surface area contributed by atoms with Crippen molar-refractivity contribution < 1.29 is 9.21 Å². The molecule has 0 aliphatic rings. The molecular formula is C17H20O3S. The van der Waals surface area contributed by atoms with E-state index >= 15 is 0 Å². The van der Waals surface area contributed by atoms with E-state index in [1.807, 2.05) is 12.1 Å². The third-order valence-electron chi connectivity index (χ3n) is 3.34. The molecule has 0 bridgehead atoms. The maximum Gasteiger partial charge on any atom is 0.348 e. The molecule has 1 aromatic carbocycles. The summed E-state index contributed by atoms with van der Waals surface area (Å²) in [6, 6.07) is 8.86. The fourth-order valence-electron chi connectivity index (χ4n) is 2.15. The zero-order valence-corrected chi connectivity index (χ0v) is 13.1. The van der Waals surface area contributed by atoms with E-state index in [0.717, 1.165) is 24.0 Å². The molecule has 1 aromatic heterocycles. The molecular weight excluding hydrogens is 284 g/mol. The summed E-state index contributed by atoms with van der Waals surface area (Å²) in [7, 11) is 0. The molecule has 0 fully saturated rings. The number of hydrogen-bond donors (Lipinski definition) is 0. The quantitative estimate of drug-likeness (QED) is 0.552. The van der Waals surface area contributed by atoms with Gasteiger partial charge in [0.25, 0.3) is 0 Å². The number of benzene rings is 1. The van der Waals surface area contributed by atoms with Gasteiger partial charge in [0, 0.05) is 11.1 Å². The predicted octanol–water partition coefficient (Wildman–Crippen LogP) is 4.64. The van der Waals surface area contributed by atoms with Crippen molar-refractivity contribution in [2.24, 2.45) is 0 Å². The number of carbonyl (C=O) groups is 1. The number of rotatable bonds is 7. The molecule has 0 atom stereocenters. The summed E-state index contributed by atoms with van der Waals surface area (Å²) in [5, 5.41) is 0.592. The lowest BCUT2D eigenvalue weighted by Gasteiger charge is -2.02. The van der Waals surface area contributed by atoms with Gasteiger partial charge in [-0.25, -0.2) is 4.79 Å². The first-order valence-electron chi connectivity index (χ1n) is 7.42. The van der Waals surface area contributed by atoms with E-state index in [-0.39, 0.29) is 10.7 Å². The lowest BCUT2D eigenvalue weighted by Crippen LogP contribution is -2.11. The summed E-state index contributed by atoms with van der Waals surface area (Å²) in [5.41, 5.74) is 0.119. The summed E-state index contributed by atoms with van der Waals surface area (Å²) in [6.45, 7) is 2.18. The minimum Gasteiger partial charge on any atom is -0.422 e. The second-order valence-electron chi connectivity index (χ2n) is 5.04. The summed E-state index contributed by atoms with van der Waals surface area (Å²) >= 11 is 1.21. The van der Waals surface area contributed by atoms with E-state index < -0.39 is 5.63 Å². The molecule has 0 aliphatic heterocycles. The van der Waals surface area contributed by atoms with Crippen LogP contribution in [0.1, 0.15) is 49.4 Å². The summed E-state index contributed by atoms with van der Waals surface area (Å²) in [5.74, 6) is 0.759. The molecule has 2 aromatic rings. The number of para-hydroxylation sites is 1. The average Bonchev–Trinajstić information content (AvgIpc) is 2.49. The van der Waals surface area contributed by atoms with Crippen molar-refractivity contribution in [2.75, 3.05) is 5.75 Å². The molecule has 1 heterocycles. The first-order valence-corrected chi connectivity index (χ1v) is 8.41. The SMILES string of the molecule is CCCCCCCSC(=O)c1cc2ccccc2oc1=O. The molecule has 0 aliphatic carbocycles. The number of thioether (sulfide) groups is 1. The Bertz CT molecular complexity index is 660. The van der Waals surface area contributed by atoms with Crippen molar-refractivity contribution in [3.8, 4) is 0 Å². The zero-order chi connectivity index (χ0) is 15.1. The van der Waals surface area contributed by atoms with Crippen molar-refractivity contribution in [1.29, 1.82) is 0 Å². The number of carbonyl (C=O) groups excluding carboxylic acids is 1. The highest BCUT2D eigenvalue weighted by atomic mass is 32.2. The topological polar surface area (TPSA) is 47.3 Å². The molecule has 21 heavy (non-hydrogen) atoms. The van der Waals surface area contributed by atoms with Gasteiger partial charge in [-0.1, -0.05) is 62.6 Å². The Morgan fingerprint density at radius 1 is 1.14 bits per heavy atom. The van der Waals surface area contributed by atoms with Crippen LogP contribution in [0.25, 0.3) is 11.0 Å². The Morgan fingerprint density at radius 2 is 1.90 bits per heavy atom. The van der Waals surface area contributed by atoms with Crippen LogP contribution in [0.4, 0.5) is 0 Å². The van der Waals surface area contributed by atoms with Crippen molar-refractivity contribution in [3.05, 3.63) is 46.3 Å². The highest BCUT2D eigenvalue weighted by molar-refractivity contribution is 8.14. The standard InChI is InChI=1S/C17H20O3S/c1-2-3-4-5-8-11-21-17(19)14-12-13-9-6-7-10-15(13)20-16(14)18/h6-7,9-10,12H,2-5,8,11H2,1H3. The van der Waals surface area contributed by atoms with Gasteiger partial charge >= 0.3 is 5.63 Å². The van der Waals surface area contributed by atoms with Gasteiger partial charge in [0.15, 0.2) is 0 Å². The van der Waals surface area contributed by atoms with Crippen LogP contribution >= 0.6 is 11.8 Å². The van der Waals surface area contributed by atoms with Gasteiger partial charge in [0.05, 0.1) is 0 Å². The predicted molar refractivity (Wildman–Crippen MR) is 88.0 cm³/mol. The lowest BCUT2D eigenvalue weighted by atomic mass is 10.2. The Balaban J connectivity index is 1.96. The summed E-state index contributed by atoms with van der Waals surface area (Å²) in [6.07, 6.45) is 5.82. The van der Waals surface area contributed by atoms with Crippen LogP contribution in [0.3, 0.4) is 0 Å². The molecule has 112 valence electrons. The fraction of sp³-hybridized carbons (Fsp3) is 0.412. The normalized spacial score (nSPS) is 10.9. The van der Waals surface area contributed by atoms with Gasteiger partial charge in [0.2, 0.25) is 5.12 Å². The van der Waals surface area contributed by atoms with E-state index in [9.17, 15) is 9.59 Å². The monoisotopic (exact) mass is 304 g/mol. The van der Waals surface area contributed by atoms with Crippen LogP contribution in [0, 0.1) is 0 Å². The van der Waals surface area contributed by atoms with Crippen molar-refractivity contribution in [1.82, 2.24) is 0 Å². The molecule has 0 unspecified atom stereocenters. The fourth-order valence-corrected chi connectivity index (χ4v) is 2.98. The van der Waals surface area contributed by atoms with Crippen LogP contribution in [0.15, 0.2) is 39.5 Å². The van der Waals surface area contributed by atoms with E-state index in [2.05, 4.69) is 6.92 Å². The van der Waals surface area contributed by atoms with Gasteiger partial charge in [-0.3, -0.25) is 4.79 Å². The largest absolute Gasteiger partial charge is 0.422 e. The van der Waals surface area contributed by atoms with E-state index in [1.165, 1.54) is 31.0 Å². The smallest absolute Gasteiger partial charge is 0.348 e. The van der Waals surface area contributed by atoms with Gasteiger partial charge in [-0.05, 0) is 18.6 Å². The van der Waals surface area contributed by atoms with Crippen molar-refractivity contribution >= 4 is 27.8 Å². The molecule has 0 saturated carbocycles. The Kier molecular flexibility index (Phi) is 6.05. The summed E-state index contributed by atoms with van der Waals surface area (Å²) in [4.78, 5) is 23.9. The first-order chi connectivity index (χ1) is 10.2. The number of unbranched alkanes of at least 4 members (excludes halogenated alkanes) is 4. The van der Waals surface area contributed by atoms with Crippen molar-refractivity contribution in [3.63, 3.8) is 0 Å². The zero-order valence-electron chi connectivity index (χ0n) is 12.3. The van der Waals surface area contributed by atoms with E-state index in [0.29, 0.717) is 5.58 Å². The van der Waals surface area contributed by atoms with Crippen LogP contribution < -0.4 is 5.63 Å². The molecule has 0 saturated heterocycles. The van der Waals surface area contributed by atoms with Gasteiger partial charge in [-0.15, -0.1) is 0 Å². The van der Waals surface area contributed by atoms with Gasteiger partial charge in [-0.2, -0.15) is 0 Å². The Labute approximate surface area is 128 Å². The van der Waals surface area contributed by atoms with Crippen molar-refractivity contribution in [2.45, 2.75) is 39.0 Å². The van der Waals surface area contributed by atoms with E-state index in [1.54, 1.807) is 18.2 Å². The second-order valence-corrected chi connectivity index (χ2v) is 6.10. The molecule has 3 nitrogen and oxygen atoms in total. The molecule has 0 N–H and O–H groups in total. The summed E-state index contributed by atoms with van der Waals surface area (Å²) < 4.78 is 5.18. The Hall–Kier alpha value is -1.55. The first kappa shape index (κ1) is 15.8.